The Hall–Kier alpha value is -2.94. The number of carbonyl (C=O) groups is 1. The quantitative estimate of drug-likeness (QED) is 0.381. The highest BCUT2D eigenvalue weighted by molar-refractivity contribution is 7.71. The van der Waals surface area contributed by atoms with E-state index in [2.05, 4.69) is 15.1 Å². The van der Waals surface area contributed by atoms with Gasteiger partial charge in [-0.3, -0.25) is 5.10 Å². The van der Waals surface area contributed by atoms with Crippen molar-refractivity contribution in [1.29, 1.82) is 0 Å². The first-order valence-electron chi connectivity index (χ1n) is 6.58. The van der Waals surface area contributed by atoms with E-state index in [1.807, 2.05) is 6.92 Å². The van der Waals surface area contributed by atoms with Crippen molar-refractivity contribution in [3.8, 4) is 11.5 Å². The maximum atomic E-state index is 11.9. The van der Waals surface area contributed by atoms with E-state index in [4.69, 9.17) is 17.0 Å². The van der Waals surface area contributed by atoms with Crippen LogP contribution in [-0.2, 0) is 11.3 Å². The third-order valence-electron chi connectivity index (χ3n) is 3.06. The van der Waals surface area contributed by atoms with Gasteiger partial charge >= 0.3 is 5.97 Å². The first-order valence-corrected chi connectivity index (χ1v) is 6.99. The van der Waals surface area contributed by atoms with Gasteiger partial charge in [0.2, 0.25) is 0 Å². The SMILES string of the molecule is Cc1cc(=S)n2[nH]c(COC(=O)c3ccc(O)c(O)c3)nc2n1. The normalized spacial score (nSPS) is 10.8. The largest absolute Gasteiger partial charge is 0.504 e. The molecule has 9 heteroatoms. The zero-order valence-corrected chi connectivity index (χ0v) is 12.8. The van der Waals surface area contributed by atoms with Crippen LogP contribution in [0.2, 0.25) is 0 Å². The standard InChI is InChI=1S/C14H12N4O4S/c1-7-4-12(23)18-14(15-7)16-11(17-18)6-22-13(21)8-2-3-9(19)10(20)5-8/h2-5,19-20H,6H2,1H3,(H,15,16,17). The van der Waals surface area contributed by atoms with Crippen LogP contribution in [0, 0.1) is 11.6 Å². The van der Waals surface area contributed by atoms with E-state index >= 15 is 0 Å². The summed E-state index contributed by atoms with van der Waals surface area (Å²) in [6.45, 7) is 1.69. The Labute approximate surface area is 135 Å². The number of aryl methyl sites for hydroxylation is 1. The molecule has 0 amide bonds. The minimum atomic E-state index is -0.659. The van der Waals surface area contributed by atoms with Crippen LogP contribution in [0.4, 0.5) is 0 Å². The van der Waals surface area contributed by atoms with Gasteiger partial charge in [0, 0.05) is 5.69 Å². The number of nitrogens with one attached hydrogen (secondary N) is 1. The number of phenols is 2. The number of benzene rings is 1. The molecular formula is C14H12N4O4S. The fourth-order valence-electron chi connectivity index (χ4n) is 1.97. The Kier molecular flexibility index (Phi) is 3.70. The van der Waals surface area contributed by atoms with Gasteiger partial charge < -0.3 is 14.9 Å². The summed E-state index contributed by atoms with van der Waals surface area (Å²) in [5.41, 5.74) is 0.853. The van der Waals surface area contributed by atoms with Gasteiger partial charge in [0.05, 0.1) is 5.56 Å². The van der Waals surface area contributed by atoms with Gasteiger partial charge in [0.15, 0.2) is 23.9 Å². The third-order valence-corrected chi connectivity index (χ3v) is 3.36. The molecule has 0 aliphatic carbocycles. The topological polar surface area (TPSA) is 113 Å². The molecule has 0 radical (unpaired) electrons. The lowest BCUT2D eigenvalue weighted by molar-refractivity contribution is 0.0462. The molecule has 0 bridgehead atoms. The van der Waals surface area contributed by atoms with Crippen LogP contribution in [0.5, 0.6) is 11.5 Å². The van der Waals surface area contributed by atoms with Gasteiger partial charge in [-0.2, -0.15) is 4.98 Å². The highest BCUT2D eigenvalue weighted by atomic mass is 32.1. The number of esters is 1. The van der Waals surface area contributed by atoms with Crippen LogP contribution in [0.1, 0.15) is 21.9 Å². The van der Waals surface area contributed by atoms with Gasteiger partial charge in [-0.05, 0) is 31.2 Å². The molecule has 118 valence electrons. The lowest BCUT2D eigenvalue weighted by atomic mass is 10.2. The van der Waals surface area contributed by atoms with Crippen molar-refractivity contribution < 1.29 is 19.7 Å². The maximum absolute atomic E-state index is 11.9. The predicted molar refractivity (Wildman–Crippen MR) is 81.8 cm³/mol. The molecule has 0 fully saturated rings. The summed E-state index contributed by atoms with van der Waals surface area (Å²) in [5, 5.41) is 21.5. The fourth-order valence-corrected chi connectivity index (χ4v) is 2.27. The number of H-pyrrole nitrogens is 1. The molecule has 23 heavy (non-hydrogen) atoms. The summed E-state index contributed by atoms with van der Waals surface area (Å²) >= 11 is 5.19. The minimum Gasteiger partial charge on any atom is -0.504 e. The number of nitrogens with zero attached hydrogens (tertiary/aromatic N) is 3. The molecule has 2 heterocycles. The Morgan fingerprint density at radius 3 is 2.83 bits per heavy atom. The highest BCUT2D eigenvalue weighted by Gasteiger charge is 2.12. The van der Waals surface area contributed by atoms with Gasteiger partial charge in [0.25, 0.3) is 5.78 Å². The molecule has 0 aliphatic heterocycles. The molecule has 3 N–H and O–H groups in total. The molecule has 0 saturated carbocycles. The zero-order chi connectivity index (χ0) is 16.6. The Bertz CT molecular complexity index is 963. The van der Waals surface area contributed by atoms with Crippen molar-refractivity contribution in [3.63, 3.8) is 0 Å². The zero-order valence-electron chi connectivity index (χ0n) is 12.0. The first kappa shape index (κ1) is 15.0. The molecule has 8 nitrogen and oxygen atoms in total. The Balaban J connectivity index is 1.77. The van der Waals surface area contributed by atoms with Crippen molar-refractivity contribution in [1.82, 2.24) is 19.6 Å². The smallest absolute Gasteiger partial charge is 0.338 e. The van der Waals surface area contributed by atoms with Gasteiger partial charge in [-0.25, -0.2) is 14.3 Å². The van der Waals surface area contributed by atoms with E-state index in [1.165, 1.54) is 16.6 Å². The Morgan fingerprint density at radius 1 is 1.30 bits per heavy atom. The number of aromatic nitrogens is 4. The summed E-state index contributed by atoms with van der Waals surface area (Å²) in [6, 6.07) is 5.39. The second-order valence-electron chi connectivity index (χ2n) is 4.82. The number of ether oxygens (including phenoxy) is 1. The molecule has 3 rings (SSSR count). The van der Waals surface area contributed by atoms with E-state index in [0.29, 0.717) is 16.2 Å². The first-order chi connectivity index (χ1) is 10.9. The molecule has 1 aromatic carbocycles. The van der Waals surface area contributed by atoms with E-state index in [-0.39, 0.29) is 17.9 Å². The van der Waals surface area contributed by atoms with E-state index in [9.17, 15) is 15.0 Å². The minimum absolute atomic E-state index is 0.113. The van der Waals surface area contributed by atoms with Gasteiger partial charge in [-0.1, -0.05) is 12.2 Å². The van der Waals surface area contributed by atoms with Crippen molar-refractivity contribution >= 4 is 24.0 Å². The van der Waals surface area contributed by atoms with Crippen LogP contribution in [-0.4, -0.2) is 35.8 Å². The molecule has 0 unspecified atom stereocenters. The van der Waals surface area contributed by atoms with Crippen molar-refractivity contribution in [2.24, 2.45) is 0 Å². The summed E-state index contributed by atoms with van der Waals surface area (Å²) < 4.78 is 7.13. The summed E-state index contributed by atoms with van der Waals surface area (Å²) in [6.07, 6.45) is 0. The Morgan fingerprint density at radius 2 is 2.09 bits per heavy atom. The molecular weight excluding hydrogens is 320 g/mol. The summed E-state index contributed by atoms with van der Waals surface area (Å²) in [5.74, 6) is -0.591. The molecule has 0 atom stereocenters. The number of aromatic hydroxyl groups is 2. The average molecular weight is 332 g/mol. The van der Waals surface area contributed by atoms with Crippen LogP contribution >= 0.6 is 12.2 Å². The number of fused-ring (bicyclic) bond motifs is 1. The van der Waals surface area contributed by atoms with Crippen molar-refractivity contribution in [2.45, 2.75) is 13.5 Å². The number of phenolic OH excluding ortho intramolecular Hbond substituents is 2. The fraction of sp³-hybridized carbons (Fsp3) is 0.143. The number of rotatable bonds is 3. The summed E-state index contributed by atoms with van der Waals surface area (Å²) in [4.78, 5) is 20.3. The molecule has 0 aliphatic rings. The molecule has 0 spiro atoms. The lowest BCUT2D eigenvalue weighted by Gasteiger charge is -2.04. The second kappa shape index (κ2) is 5.69. The predicted octanol–water partition coefficient (Wildman–Crippen LogP) is 1.86. The van der Waals surface area contributed by atoms with Crippen LogP contribution in [0.25, 0.3) is 5.78 Å². The molecule has 0 saturated heterocycles. The highest BCUT2D eigenvalue weighted by Crippen LogP contribution is 2.25. The van der Waals surface area contributed by atoms with Crippen LogP contribution in [0.3, 0.4) is 0 Å². The van der Waals surface area contributed by atoms with E-state index < -0.39 is 11.7 Å². The van der Waals surface area contributed by atoms with Crippen molar-refractivity contribution in [3.05, 3.63) is 46.0 Å². The van der Waals surface area contributed by atoms with Gasteiger partial charge in [0.1, 0.15) is 4.64 Å². The lowest BCUT2D eigenvalue weighted by Crippen LogP contribution is -2.06. The average Bonchev–Trinajstić information content (AvgIpc) is 2.91. The van der Waals surface area contributed by atoms with E-state index in [0.717, 1.165) is 11.8 Å². The number of hydrogen-bond donors (Lipinski definition) is 3. The van der Waals surface area contributed by atoms with Crippen LogP contribution < -0.4 is 0 Å². The number of hydrogen-bond acceptors (Lipinski definition) is 7. The van der Waals surface area contributed by atoms with Crippen LogP contribution in [0.15, 0.2) is 24.3 Å². The molecule has 3 aromatic rings. The second-order valence-corrected chi connectivity index (χ2v) is 5.24. The monoisotopic (exact) mass is 332 g/mol. The van der Waals surface area contributed by atoms with Gasteiger partial charge in [-0.15, -0.1) is 0 Å². The molecule has 2 aromatic heterocycles. The third kappa shape index (κ3) is 2.99. The number of carbonyl (C=O) groups excluding carboxylic acids is 1. The van der Waals surface area contributed by atoms with Crippen molar-refractivity contribution in [2.75, 3.05) is 0 Å². The maximum Gasteiger partial charge on any atom is 0.338 e. The summed E-state index contributed by atoms with van der Waals surface area (Å²) in [7, 11) is 0. The number of aromatic amines is 1. The van der Waals surface area contributed by atoms with E-state index in [1.54, 1.807) is 6.07 Å².